The molecule has 0 aliphatic heterocycles. The molecule has 0 fully saturated rings. The number of aromatic nitrogens is 4. The van der Waals surface area contributed by atoms with E-state index in [0.717, 1.165) is 38.3 Å². The average molecular weight is 530 g/mol. The van der Waals surface area contributed by atoms with E-state index in [1.54, 1.807) is 14.1 Å². The van der Waals surface area contributed by atoms with E-state index >= 15 is 0 Å². The van der Waals surface area contributed by atoms with Gasteiger partial charge >= 0.3 is 5.69 Å². The molecule has 0 unspecified atom stereocenters. The van der Waals surface area contributed by atoms with Gasteiger partial charge in [0.1, 0.15) is 5.82 Å². The molecule has 2 heterocycles. The van der Waals surface area contributed by atoms with Gasteiger partial charge in [-0.2, -0.15) is 0 Å². The van der Waals surface area contributed by atoms with Crippen molar-refractivity contribution in [3.05, 3.63) is 98.5 Å². The number of unbranched alkanes of at least 4 members (excludes halogenated alkanes) is 7. The Labute approximate surface area is 231 Å². The van der Waals surface area contributed by atoms with Gasteiger partial charge in [-0.25, -0.2) is 9.78 Å². The number of nitrogens with zero attached hydrogens (tertiary/aromatic N) is 5. The third kappa shape index (κ3) is 7.35. The van der Waals surface area contributed by atoms with Crippen molar-refractivity contribution in [2.75, 3.05) is 0 Å². The second-order valence-electron chi connectivity index (χ2n) is 10.6. The molecule has 0 spiro atoms. The number of imidazole rings is 1. The number of fused-ring (bicyclic) bond motifs is 1. The van der Waals surface area contributed by atoms with Gasteiger partial charge in [-0.15, -0.1) is 0 Å². The zero-order valence-corrected chi connectivity index (χ0v) is 23.8. The van der Waals surface area contributed by atoms with Crippen LogP contribution in [0.3, 0.4) is 0 Å². The molecule has 0 aliphatic rings. The monoisotopic (exact) mass is 529 g/mol. The molecule has 0 aliphatic carbocycles. The number of hydrogen-bond donors (Lipinski definition) is 0. The fourth-order valence-electron chi connectivity index (χ4n) is 5.31. The second kappa shape index (κ2) is 14.1. The summed E-state index contributed by atoms with van der Waals surface area (Å²) >= 11 is 0. The molecule has 0 amide bonds. The average Bonchev–Trinajstić information content (AvgIpc) is 3.31. The minimum Gasteiger partial charge on any atom is -0.321 e. The maximum Gasteiger partial charge on any atom is 0.332 e. The molecule has 4 aromatic rings. The number of aryl methyl sites for hydroxylation is 2. The van der Waals surface area contributed by atoms with Gasteiger partial charge in [0.05, 0.1) is 6.54 Å². The van der Waals surface area contributed by atoms with Gasteiger partial charge in [0.15, 0.2) is 11.2 Å². The van der Waals surface area contributed by atoms with E-state index in [9.17, 15) is 9.59 Å². The van der Waals surface area contributed by atoms with Crippen molar-refractivity contribution in [1.82, 2.24) is 23.6 Å². The van der Waals surface area contributed by atoms with E-state index < -0.39 is 0 Å². The highest BCUT2D eigenvalue weighted by atomic mass is 16.2. The van der Waals surface area contributed by atoms with E-state index in [1.165, 1.54) is 58.8 Å². The maximum atomic E-state index is 13.3. The maximum absolute atomic E-state index is 13.3. The lowest BCUT2D eigenvalue weighted by Gasteiger charge is -2.23. The lowest BCUT2D eigenvalue weighted by molar-refractivity contribution is 0.238. The van der Waals surface area contributed by atoms with E-state index in [0.29, 0.717) is 17.7 Å². The first kappa shape index (κ1) is 28.6. The highest BCUT2D eigenvalue weighted by Gasteiger charge is 2.21. The van der Waals surface area contributed by atoms with Gasteiger partial charge in [0.25, 0.3) is 5.56 Å². The fourth-order valence-corrected chi connectivity index (χ4v) is 5.31. The zero-order chi connectivity index (χ0) is 27.6. The molecule has 0 atom stereocenters. The predicted molar refractivity (Wildman–Crippen MR) is 159 cm³/mol. The van der Waals surface area contributed by atoms with Crippen molar-refractivity contribution < 1.29 is 0 Å². The number of rotatable bonds is 15. The Morgan fingerprint density at radius 3 is 1.79 bits per heavy atom. The van der Waals surface area contributed by atoms with Crippen LogP contribution in [0.2, 0.25) is 0 Å². The quantitative estimate of drug-likeness (QED) is 0.183. The van der Waals surface area contributed by atoms with Crippen molar-refractivity contribution in [1.29, 1.82) is 0 Å². The summed E-state index contributed by atoms with van der Waals surface area (Å²) in [5.41, 5.74) is 2.82. The summed E-state index contributed by atoms with van der Waals surface area (Å²) in [6.45, 7) is 5.06. The normalized spacial score (nSPS) is 11.6. The van der Waals surface area contributed by atoms with Gasteiger partial charge in [0, 0.05) is 33.7 Å². The highest BCUT2D eigenvalue weighted by molar-refractivity contribution is 5.71. The Bertz CT molecular complexity index is 1400. The van der Waals surface area contributed by atoms with Gasteiger partial charge in [0.2, 0.25) is 0 Å². The molecule has 0 N–H and O–H groups in total. The van der Waals surface area contributed by atoms with Crippen LogP contribution in [0.4, 0.5) is 0 Å². The van der Waals surface area contributed by atoms with Crippen LogP contribution >= 0.6 is 0 Å². The molecule has 0 bridgehead atoms. The van der Waals surface area contributed by atoms with Gasteiger partial charge in [-0.3, -0.25) is 18.8 Å². The Morgan fingerprint density at radius 1 is 0.692 bits per heavy atom. The largest absolute Gasteiger partial charge is 0.332 e. The first-order valence-electron chi connectivity index (χ1n) is 14.4. The van der Waals surface area contributed by atoms with Crippen molar-refractivity contribution in [3.63, 3.8) is 0 Å². The van der Waals surface area contributed by atoms with Gasteiger partial charge in [-0.1, -0.05) is 113 Å². The van der Waals surface area contributed by atoms with Crippen LogP contribution in [0.25, 0.3) is 11.2 Å². The third-order valence-corrected chi connectivity index (χ3v) is 7.53. The second-order valence-corrected chi connectivity index (χ2v) is 10.6. The van der Waals surface area contributed by atoms with E-state index in [-0.39, 0.29) is 11.2 Å². The zero-order valence-electron chi connectivity index (χ0n) is 23.8. The molecule has 39 heavy (non-hydrogen) atoms. The van der Waals surface area contributed by atoms with Crippen molar-refractivity contribution in [2.45, 2.75) is 84.5 Å². The van der Waals surface area contributed by atoms with Crippen molar-refractivity contribution in [2.24, 2.45) is 14.1 Å². The molecular weight excluding hydrogens is 486 g/mol. The van der Waals surface area contributed by atoms with E-state index in [2.05, 4.69) is 64.9 Å². The summed E-state index contributed by atoms with van der Waals surface area (Å²) in [5, 5.41) is 0. The molecule has 0 saturated heterocycles. The van der Waals surface area contributed by atoms with Gasteiger partial charge in [-0.05, 0) is 17.5 Å². The topological polar surface area (TPSA) is 65.1 Å². The SMILES string of the molecule is CCCCCCCCCCn1c(CN(Cc2ccccc2)Cc2ccccc2)nc2c1c(=O)n(C)c(=O)n2C. The lowest BCUT2D eigenvalue weighted by atomic mass is 10.1. The molecule has 4 rings (SSSR count). The molecule has 7 heteroatoms. The Kier molecular flexibility index (Phi) is 10.3. The van der Waals surface area contributed by atoms with Crippen LogP contribution in [0.15, 0.2) is 70.3 Å². The third-order valence-electron chi connectivity index (χ3n) is 7.53. The molecule has 208 valence electrons. The lowest BCUT2D eigenvalue weighted by Crippen LogP contribution is -2.37. The van der Waals surface area contributed by atoms with Crippen molar-refractivity contribution >= 4 is 11.2 Å². The van der Waals surface area contributed by atoms with Crippen LogP contribution in [-0.4, -0.2) is 23.6 Å². The van der Waals surface area contributed by atoms with E-state index in [1.807, 2.05) is 12.1 Å². The summed E-state index contributed by atoms with van der Waals surface area (Å²) in [7, 11) is 3.25. The first-order valence-corrected chi connectivity index (χ1v) is 14.4. The molecule has 0 saturated carbocycles. The Balaban J connectivity index is 1.62. The van der Waals surface area contributed by atoms with Crippen LogP contribution in [-0.2, 0) is 40.3 Å². The number of benzene rings is 2. The van der Waals surface area contributed by atoms with Crippen molar-refractivity contribution in [3.8, 4) is 0 Å². The molecule has 2 aromatic carbocycles. The summed E-state index contributed by atoms with van der Waals surface area (Å²) in [5.74, 6) is 0.832. The standard InChI is InChI=1S/C32H43N5O2/c1-4-5-6-7-8-9-10-17-22-37-28(33-30-29(37)31(38)35(3)32(39)34(30)2)25-36(23-26-18-13-11-14-19-26)24-27-20-15-12-16-21-27/h11-16,18-21H,4-10,17,22-25H2,1-3H3. The Morgan fingerprint density at radius 2 is 1.23 bits per heavy atom. The molecular formula is C32H43N5O2. The smallest absolute Gasteiger partial charge is 0.321 e. The van der Waals surface area contributed by atoms with Crippen LogP contribution < -0.4 is 11.2 Å². The van der Waals surface area contributed by atoms with Crippen LogP contribution in [0.1, 0.15) is 75.2 Å². The summed E-state index contributed by atoms with van der Waals surface area (Å²) in [4.78, 5) is 33.3. The Hall–Kier alpha value is -3.45. The summed E-state index contributed by atoms with van der Waals surface area (Å²) in [6.07, 6.45) is 9.75. The predicted octanol–water partition coefficient (Wildman–Crippen LogP) is 5.78. The molecule has 0 radical (unpaired) electrons. The van der Waals surface area contributed by atoms with E-state index in [4.69, 9.17) is 4.98 Å². The van der Waals surface area contributed by atoms with Crippen LogP contribution in [0.5, 0.6) is 0 Å². The van der Waals surface area contributed by atoms with Crippen LogP contribution in [0, 0.1) is 0 Å². The highest BCUT2D eigenvalue weighted by Crippen LogP contribution is 2.19. The number of hydrogen-bond acceptors (Lipinski definition) is 4. The first-order chi connectivity index (χ1) is 19.0. The summed E-state index contributed by atoms with van der Waals surface area (Å²) in [6, 6.07) is 20.9. The molecule has 7 nitrogen and oxygen atoms in total. The fraction of sp³-hybridized carbons (Fsp3) is 0.469. The minimum atomic E-state index is -0.346. The van der Waals surface area contributed by atoms with Gasteiger partial charge < -0.3 is 4.57 Å². The molecule has 2 aromatic heterocycles. The minimum absolute atomic E-state index is 0.274. The summed E-state index contributed by atoms with van der Waals surface area (Å²) < 4.78 is 4.78.